The van der Waals surface area contributed by atoms with E-state index in [-0.39, 0.29) is 43.8 Å². The van der Waals surface area contributed by atoms with E-state index in [9.17, 15) is 19.5 Å². The lowest BCUT2D eigenvalue weighted by Gasteiger charge is -2.24. The average molecular weight is 583 g/mol. The third kappa shape index (κ3) is 11.4. The Morgan fingerprint density at radius 2 is 1.30 bits per heavy atom. The molecule has 0 heterocycles. The van der Waals surface area contributed by atoms with Crippen LogP contribution in [0.3, 0.4) is 0 Å². The number of aliphatic hydroxyl groups excluding tert-OH is 1. The molecule has 0 bridgehead atoms. The standard InChI is InChI=1S/C36H42N2O5/c1-3-14-30(24-34(40)38-32(26-39)23-28-18-10-6-11-19-28)35(41)37-25-33(29-20-12-7-13-21-29)43-36(42)31(15-4-2)22-27-16-8-5-9-17-27/h3-13,16-21,30-33,39H,1-2,14-15,22-26H2,(H,37,41)(H,38,40)/t30-,31+,32+,33+/m1/s1. The molecule has 0 aliphatic carbocycles. The molecule has 3 N–H and O–H groups in total. The van der Waals surface area contributed by atoms with Crippen LogP contribution < -0.4 is 10.6 Å². The number of carbonyl (C=O) groups excluding carboxylic acids is 3. The molecule has 0 unspecified atom stereocenters. The maximum Gasteiger partial charge on any atom is 0.310 e. The number of amides is 2. The normalized spacial score (nSPS) is 13.5. The third-order valence-corrected chi connectivity index (χ3v) is 7.17. The molecule has 0 aliphatic rings. The molecule has 0 spiro atoms. The summed E-state index contributed by atoms with van der Waals surface area (Å²) in [4.78, 5) is 39.5. The lowest BCUT2D eigenvalue weighted by molar-refractivity contribution is -0.154. The van der Waals surface area contributed by atoms with Gasteiger partial charge in [-0.05, 0) is 42.4 Å². The lowest BCUT2D eigenvalue weighted by atomic mass is 9.96. The smallest absolute Gasteiger partial charge is 0.310 e. The summed E-state index contributed by atoms with van der Waals surface area (Å²) in [5, 5.41) is 15.5. The van der Waals surface area contributed by atoms with Crippen LogP contribution >= 0.6 is 0 Å². The summed E-state index contributed by atoms with van der Waals surface area (Å²) in [6, 6.07) is 28.1. The summed E-state index contributed by atoms with van der Waals surface area (Å²) in [5.74, 6) is -2.15. The van der Waals surface area contributed by atoms with Gasteiger partial charge in [0, 0.05) is 6.42 Å². The number of carbonyl (C=O) groups is 3. The molecule has 3 aromatic rings. The molecule has 0 saturated carbocycles. The van der Waals surface area contributed by atoms with Crippen molar-refractivity contribution in [3.05, 3.63) is 133 Å². The van der Waals surface area contributed by atoms with Crippen LogP contribution in [0.2, 0.25) is 0 Å². The fourth-order valence-electron chi connectivity index (χ4n) is 4.89. The Hall–Kier alpha value is -4.49. The van der Waals surface area contributed by atoms with Crippen molar-refractivity contribution in [2.75, 3.05) is 13.2 Å². The first kappa shape index (κ1) is 33.0. The van der Waals surface area contributed by atoms with Crippen LogP contribution in [-0.2, 0) is 32.0 Å². The SMILES string of the molecule is C=CC[C@H](CC(=O)N[C@H](CO)Cc1ccccc1)C(=O)NC[C@H](OC(=O)[C@@H](CC=C)Cc1ccccc1)c1ccccc1. The summed E-state index contributed by atoms with van der Waals surface area (Å²) in [6.07, 6.45) is 4.25. The number of hydrogen-bond donors (Lipinski definition) is 3. The minimum absolute atomic E-state index is 0.0449. The molecule has 0 aliphatic heterocycles. The van der Waals surface area contributed by atoms with Crippen molar-refractivity contribution in [2.24, 2.45) is 11.8 Å². The van der Waals surface area contributed by atoms with Crippen molar-refractivity contribution in [2.45, 2.75) is 44.2 Å². The van der Waals surface area contributed by atoms with E-state index in [1.54, 1.807) is 12.2 Å². The van der Waals surface area contributed by atoms with Gasteiger partial charge in [-0.3, -0.25) is 14.4 Å². The van der Waals surface area contributed by atoms with E-state index < -0.39 is 24.0 Å². The van der Waals surface area contributed by atoms with Crippen LogP contribution in [0.4, 0.5) is 0 Å². The minimum atomic E-state index is -0.719. The molecule has 0 fully saturated rings. The number of benzene rings is 3. The number of aliphatic hydroxyl groups is 1. The van der Waals surface area contributed by atoms with Gasteiger partial charge >= 0.3 is 5.97 Å². The highest BCUT2D eigenvalue weighted by Crippen LogP contribution is 2.22. The maximum absolute atomic E-state index is 13.3. The van der Waals surface area contributed by atoms with E-state index in [0.717, 1.165) is 16.7 Å². The van der Waals surface area contributed by atoms with Gasteiger partial charge in [0.2, 0.25) is 11.8 Å². The molecule has 7 heteroatoms. The van der Waals surface area contributed by atoms with E-state index in [2.05, 4.69) is 23.8 Å². The number of hydrogen-bond acceptors (Lipinski definition) is 5. The van der Waals surface area contributed by atoms with Gasteiger partial charge in [0.15, 0.2) is 0 Å². The van der Waals surface area contributed by atoms with Crippen LogP contribution in [-0.4, -0.2) is 42.1 Å². The van der Waals surface area contributed by atoms with Gasteiger partial charge in [0.05, 0.1) is 31.0 Å². The van der Waals surface area contributed by atoms with Crippen molar-refractivity contribution in [1.82, 2.24) is 10.6 Å². The maximum atomic E-state index is 13.3. The molecule has 2 amide bonds. The Balaban J connectivity index is 1.64. The zero-order valence-corrected chi connectivity index (χ0v) is 24.6. The van der Waals surface area contributed by atoms with Crippen LogP contribution in [0.5, 0.6) is 0 Å². The molecule has 7 nitrogen and oxygen atoms in total. The molecular formula is C36H42N2O5. The first-order valence-electron chi connectivity index (χ1n) is 14.7. The summed E-state index contributed by atoms with van der Waals surface area (Å²) in [6.45, 7) is 7.38. The van der Waals surface area contributed by atoms with E-state index >= 15 is 0 Å². The summed E-state index contributed by atoms with van der Waals surface area (Å²) >= 11 is 0. The second-order valence-electron chi connectivity index (χ2n) is 10.6. The summed E-state index contributed by atoms with van der Waals surface area (Å²) in [7, 11) is 0. The highest BCUT2D eigenvalue weighted by atomic mass is 16.5. The van der Waals surface area contributed by atoms with Crippen molar-refractivity contribution < 1.29 is 24.2 Å². The average Bonchev–Trinajstić information content (AvgIpc) is 3.03. The van der Waals surface area contributed by atoms with Gasteiger partial charge < -0.3 is 20.5 Å². The van der Waals surface area contributed by atoms with Crippen molar-refractivity contribution in [1.29, 1.82) is 0 Å². The van der Waals surface area contributed by atoms with Crippen molar-refractivity contribution >= 4 is 17.8 Å². The van der Waals surface area contributed by atoms with Gasteiger partial charge in [0.1, 0.15) is 6.10 Å². The van der Waals surface area contributed by atoms with Gasteiger partial charge in [0.25, 0.3) is 0 Å². The second-order valence-corrected chi connectivity index (χ2v) is 10.6. The fourth-order valence-corrected chi connectivity index (χ4v) is 4.89. The molecule has 4 atom stereocenters. The zero-order valence-electron chi connectivity index (χ0n) is 24.6. The topological polar surface area (TPSA) is 105 Å². The number of rotatable bonds is 18. The Labute approximate surface area is 254 Å². The van der Waals surface area contributed by atoms with Crippen LogP contribution in [0, 0.1) is 11.8 Å². The molecular weight excluding hydrogens is 540 g/mol. The molecule has 43 heavy (non-hydrogen) atoms. The van der Waals surface area contributed by atoms with E-state index in [0.29, 0.717) is 19.3 Å². The van der Waals surface area contributed by atoms with Crippen LogP contribution in [0.25, 0.3) is 0 Å². The minimum Gasteiger partial charge on any atom is -0.455 e. The molecule has 0 radical (unpaired) electrons. The monoisotopic (exact) mass is 582 g/mol. The van der Waals surface area contributed by atoms with Crippen LogP contribution in [0.15, 0.2) is 116 Å². The predicted octanol–water partition coefficient (Wildman–Crippen LogP) is 5.12. The molecule has 3 aromatic carbocycles. The van der Waals surface area contributed by atoms with Crippen molar-refractivity contribution in [3.8, 4) is 0 Å². The van der Waals surface area contributed by atoms with E-state index in [1.165, 1.54) is 0 Å². The molecule has 0 saturated heterocycles. The van der Waals surface area contributed by atoms with Gasteiger partial charge in [-0.25, -0.2) is 0 Å². The second kappa shape index (κ2) is 18.1. The highest BCUT2D eigenvalue weighted by Gasteiger charge is 2.27. The number of ether oxygens (including phenoxy) is 1. The largest absolute Gasteiger partial charge is 0.455 e. The van der Waals surface area contributed by atoms with Gasteiger partial charge in [-0.1, -0.05) is 103 Å². The first-order chi connectivity index (χ1) is 20.9. The highest BCUT2D eigenvalue weighted by molar-refractivity contribution is 5.86. The number of nitrogens with one attached hydrogen (secondary N) is 2. The fraction of sp³-hybridized carbons (Fsp3) is 0.306. The number of esters is 1. The third-order valence-electron chi connectivity index (χ3n) is 7.17. The van der Waals surface area contributed by atoms with Gasteiger partial charge in [-0.2, -0.15) is 0 Å². The Kier molecular flexibility index (Phi) is 13.9. The Morgan fingerprint density at radius 3 is 1.86 bits per heavy atom. The molecule has 3 rings (SSSR count). The number of allylic oxidation sites excluding steroid dienone is 2. The molecule has 0 aromatic heterocycles. The van der Waals surface area contributed by atoms with Gasteiger partial charge in [-0.15, -0.1) is 13.2 Å². The van der Waals surface area contributed by atoms with E-state index in [1.807, 2.05) is 91.0 Å². The quantitative estimate of drug-likeness (QED) is 0.143. The zero-order chi connectivity index (χ0) is 30.9. The summed E-state index contributed by atoms with van der Waals surface area (Å²) in [5.41, 5.74) is 2.76. The Bertz CT molecular complexity index is 1300. The Morgan fingerprint density at radius 1 is 0.767 bits per heavy atom. The first-order valence-corrected chi connectivity index (χ1v) is 14.7. The lowest BCUT2D eigenvalue weighted by Crippen LogP contribution is -2.42. The van der Waals surface area contributed by atoms with E-state index in [4.69, 9.17) is 4.74 Å². The van der Waals surface area contributed by atoms with Crippen molar-refractivity contribution in [3.63, 3.8) is 0 Å². The van der Waals surface area contributed by atoms with Crippen LogP contribution in [0.1, 0.15) is 42.1 Å². The molecule has 226 valence electrons. The predicted molar refractivity (Wildman–Crippen MR) is 169 cm³/mol. The summed E-state index contributed by atoms with van der Waals surface area (Å²) < 4.78 is 5.99.